The Hall–Kier alpha value is -2.86. The number of carbonyl (C=O) groups excluding carboxylic acids is 4. The molecule has 0 aromatic heterocycles. The van der Waals surface area contributed by atoms with Gasteiger partial charge in [0.2, 0.25) is 17.7 Å². The molecule has 3 rings (SSSR count). The molecule has 1 atom stereocenters. The average Bonchev–Trinajstić information content (AvgIpc) is 3.12. The van der Waals surface area contributed by atoms with Gasteiger partial charge in [-0.15, -0.1) is 0 Å². The minimum absolute atomic E-state index is 0.156. The van der Waals surface area contributed by atoms with Gasteiger partial charge in [0.1, 0.15) is 12.6 Å². The van der Waals surface area contributed by atoms with Crippen molar-refractivity contribution in [1.29, 1.82) is 0 Å². The quantitative estimate of drug-likeness (QED) is 0.268. The van der Waals surface area contributed by atoms with E-state index in [1.165, 1.54) is 4.90 Å². The molecule has 0 saturated carbocycles. The number of fused-ring (bicyclic) bond motifs is 1. The normalized spacial score (nSPS) is 17.8. The zero-order valence-electron chi connectivity index (χ0n) is 18.7. The summed E-state index contributed by atoms with van der Waals surface area (Å²) in [5.41, 5.74) is 1.57. The summed E-state index contributed by atoms with van der Waals surface area (Å²) in [6, 6.07) is 4.33. The van der Waals surface area contributed by atoms with Gasteiger partial charge in [0.05, 0.1) is 33.0 Å². The van der Waals surface area contributed by atoms with Crippen molar-refractivity contribution in [3.05, 3.63) is 29.3 Å². The molecule has 3 N–H and O–H groups in total. The van der Waals surface area contributed by atoms with Crippen LogP contribution in [0, 0.1) is 0 Å². The summed E-state index contributed by atoms with van der Waals surface area (Å²) in [4.78, 5) is 50.2. The molecule has 180 valence electrons. The van der Waals surface area contributed by atoms with Crippen LogP contribution in [0.1, 0.15) is 28.8 Å². The first-order valence-corrected chi connectivity index (χ1v) is 11.0. The molecule has 0 spiro atoms. The number of piperidine rings is 1. The SMILES string of the molecule is CNCCOCCOCCOCC(=O)Nc1cccc2c1CN(C1CCC(=O)NC1=O)C2=O. The summed E-state index contributed by atoms with van der Waals surface area (Å²) in [7, 11) is 1.86. The molecule has 2 heterocycles. The Morgan fingerprint density at radius 3 is 2.55 bits per heavy atom. The lowest BCUT2D eigenvalue weighted by Gasteiger charge is -2.29. The Labute approximate surface area is 192 Å². The second-order valence-corrected chi connectivity index (χ2v) is 7.66. The van der Waals surface area contributed by atoms with Gasteiger partial charge in [-0.1, -0.05) is 6.07 Å². The van der Waals surface area contributed by atoms with Crippen LogP contribution in [-0.4, -0.2) is 87.8 Å². The molecule has 2 aliphatic heterocycles. The molecule has 11 heteroatoms. The zero-order chi connectivity index (χ0) is 23.6. The minimum Gasteiger partial charge on any atom is -0.378 e. The van der Waals surface area contributed by atoms with Gasteiger partial charge in [-0.2, -0.15) is 0 Å². The first-order valence-electron chi connectivity index (χ1n) is 11.0. The molecule has 1 unspecified atom stereocenters. The Balaban J connectivity index is 1.42. The molecule has 0 radical (unpaired) electrons. The molecular weight excluding hydrogens is 432 g/mol. The Morgan fingerprint density at radius 2 is 1.82 bits per heavy atom. The highest BCUT2D eigenvalue weighted by molar-refractivity contribution is 6.06. The standard InChI is InChI=1S/C22H30N4O7/c1-23-7-8-31-9-10-32-11-12-33-14-20(28)24-17-4-2-3-15-16(17)13-26(22(15)30)18-5-6-19(27)25-21(18)29/h2-4,18,23H,5-14H2,1H3,(H,24,28)(H,25,27,29). The first-order chi connectivity index (χ1) is 16.0. The molecule has 33 heavy (non-hydrogen) atoms. The molecule has 1 saturated heterocycles. The van der Waals surface area contributed by atoms with E-state index in [2.05, 4.69) is 16.0 Å². The van der Waals surface area contributed by atoms with Gasteiger partial charge >= 0.3 is 0 Å². The van der Waals surface area contributed by atoms with Crippen molar-refractivity contribution in [2.75, 3.05) is 58.6 Å². The zero-order valence-corrected chi connectivity index (χ0v) is 18.7. The Kier molecular flexibility index (Phi) is 9.31. The van der Waals surface area contributed by atoms with Gasteiger partial charge in [0.25, 0.3) is 5.91 Å². The predicted molar refractivity (Wildman–Crippen MR) is 118 cm³/mol. The van der Waals surface area contributed by atoms with Crippen LogP contribution in [0.25, 0.3) is 0 Å². The van der Waals surface area contributed by atoms with E-state index in [9.17, 15) is 19.2 Å². The minimum atomic E-state index is -0.705. The fraction of sp³-hybridized carbons (Fsp3) is 0.545. The number of amides is 4. The van der Waals surface area contributed by atoms with E-state index in [1.54, 1.807) is 18.2 Å². The van der Waals surface area contributed by atoms with Gasteiger partial charge in [-0.25, -0.2) is 0 Å². The number of imide groups is 1. The third-order valence-electron chi connectivity index (χ3n) is 5.33. The van der Waals surface area contributed by atoms with Crippen molar-refractivity contribution in [2.45, 2.75) is 25.4 Å². The first kappa shape index (κ1) is 24.8. The molecule has 0 aliphatic carbocycles. The summed E-state index contributed by atoms with van der Waals surface area (Å²) < 4.78 is 16.0. The van der Waals surface area contributed by atoms with Crippen molar-refractivity contribution in [2.24, 2.45) is 0 Å². The molecule has 11 nitrogen and oxygen atoms in total. The number of rotatable bonds is 13. The second kappa shape index (κ2) is 12.4. The molecule has 2 aliphatic rings. The van der Waals surface area contributed by atoms with Crippen molar-refractivity contribution in [1.82, 2.24) is 15.5 Å². The lowest BCUT2D eigenvalue weighted by atomic mass is 10.0. The number of anilines is 1. The number of likely N-dealkylation sites (N-methyl/N-ethyl adjacent to an activating group) is 1. The van der Waals surface area contributed by atoms with Crippen LogP contribution in [0.2, 0.25) is 0 Å². The summed E-state index contributed by atoms with van der Waals surface area (Å²) in [5, 5.41) is 8.03. The van der Waals surface area contributed by atoms with Gasteiger partial charge < -0.3 is 29.7 Å². The van der Waals surface area contributed by atoms with E-state index in [4.69, 9.17) is 14.2 Å². The van der Waals surface area contributed by atoms with E-state index in [1.807, 2.05) is 7.05 Å². The van der Waals surface area contributed by atoms with Crippen molar-refractivity contribution >= 4 is 29.3 Å². The third kappa shape index (κ3) is 6.81. The van der Waals surface area contributed by atoms with E-state index >= 15 is 0 Å². The Bertz CT molecular complexity index is 876. The van der Waals surface area contributed by atoms with E-state index < -0.39 is 11.9 Å². The highest BCUT2D eigenvalue weighted by Crippen LogP contribution is 2.32. The maximum atomic E-state index is 12.8. The van der Waals surface area contributed by atoms with Gasteiger partial charge in [0, 0.05) is 36.3 Å². The monoisotopic (exact) mass is 462 g/mol. The lowest BCUT2D eigenvalue weighted by molar-refractivity contribution is -0.137. The van der Waals surface area contributed by atoms with Crippen LogP contribution in [0.5, 0.6) is 0 Å². The van der Waals surface area contributed by atoms with Gasteiger partial charge in [0.15, 0.2) is 0 Å². The highest BCUT2D eigenvalue weighted by atomic mass is 16.5. The number of ether oxygens (including phenoxy) is 3. The van der Waals surface area contributed by atoms with Crippen LogP contribution in [-0.2, 0) is 35.1 Å². The topological polar surface area (TPSA) is 135 Å². The van der Waals surface area contributed by atoms with Crippen LogP contribution >= 0.6 is 0 Å². The van der Waals surface area contributed by atoms with Gasteiger partial charge in [-0.3, -0.25) is 24.5 Å². The molecule has 1 fully saturated rings. The van der Waals surface area contributed by atoms with Crippen molar-refractivity contribution in [3.8, 4) is 0 Å². The smallest absolute Gasteiger partial charge is 0.255 e. The number of nitrogens with zero attached hydrogens (tertiary/aromatic N) is 1. The van der Waals surface area contributed by atoms with Crippen molar-refractivity contribution < 1.29 is 33.4 Å². The van der Waals surface area contributed by atoms with Crippen LogP contribution < -0.4 is 16.0 Å². The number of carbonyl (C=O) groups is 4. The largest absolute Gasteiger partial charge is 0.378 e. The van der Waals surface area contributed by atoms with Crippen LogP contribution in [0.3, 0.4) is 0 Å². The van der Waals surface area contributed by atoms with Crippen LogP contribution in [0.4, 0.5) is 5.69 Å². The van der Waals surface area contributed by atoms with E-state index in [0.717, 1.165) is 6.54 Å². The van der Waals surface area contributed by atoms with E-state index in [-0.39, 0.29) is 50.3 Å². The number of benzene rings is 1. The Morgan fingerprint density at radius 1 is 1.09 bits per heavy atom. The molecular formula is C22H30N4O7. The molecule has 1 aromatic rings. The summed E-state index contributed by atoms with van der Waals surface area (Å²) >= 11 is 0. The summed E-state index contributed by atoms with van der Waals surface area (Å²) in [6.45, 7) is 2.99. The summed E-state index contributed by atoms with van der Waals surface area (Å²) in [6.07, 6.45) is 0.467. The number of hydrogen-bond donors (Lipinski definition) is 3. The van der Waals surface area contributed by atoms with E-state index in [0.29, 0.717) is 43.2 Å². The number of hydrogen-bond acceptors (Lipinski definition) is 8. The maximum absolute atomic E-state index is 12.8. The van der Waals surface area contributed by atoms with Crippen molar-refractivity contribution in [3.63, 3.8) is 0 Å². The number of nitrogens with one attached hydrogen (secondary N) is 3. The highest BCUT2D eigenvalue weighted by Gasteiger charge is 2.39. The fourth-order valence-corrected chi connectivity index (χ4v) is 3.67. The molecule has 1 aromatic carbocycles. The van der Waals surface area contributed by atoms with Gasteiger partial charge in [-0.05, 0) is 25.6 Å². The average molecular weight is 463 g/mol. The predicted octanol–water partition coefficient (Wildman–Crippen LogP) is -0.345. The lowest BCUT2D eigenvalue weighted by Crippen LogP contribution is -2.52. The van der Waals surface area contributed by atoms with Crippen LogP contribution in [0.15, 0.2) is 18.2 Å². The summed E-state index contributed by atoms with van der Waals surface area (Å²) in [5.74, 6) is -1.46. The third-order valence-corrected chi connectivity index (χ3v) is 5.33. The second-order valence-electron chi connectivity index (χ2n) is 7.66. The molecule has 4 amide bonds. The maximum Gasteiger partial charge on any atom is 0.255 e. The fourth-order valence-electron chi connectivity index (χ4n) is 3.67. The molecule has 0 bridgehead atoms.